The lowest BCUT2D eigenvalue weighted by Gasteiger charge is -2.20. The predicted octanol–water partition coefficient (Wildman–Crippen LogP) is 3.32. The average molecular weight is 342 g/mol. The number of rotatable bonds is 7. The predicted molar refractivity (Wildman–Crippen MR) is 101 cm³/mol. The number of ether oxygens (including phenoxy) is 1. The number of imidazole rings is 1. The first kappa shape index (κ1) is 17.6. The molecule has 3 aromatic rings. The van der Waals surface area contributed by atoms with E-state index in [4.69, 9.17) is 14.7 Å². The van der Waals surface area contributed by atoms with Crippen molar-refractivity contribution < 1.29 is 9.84 Å². The first-order chi connectivity index (χ1) is 11.9. The van der Waals surface area contributed by atoms with Crippen molar-refractivity contribution in [1.29, 1.82) is 0 Å². The first-order valence-electron chi connectivity index (χ1n) is 8.76. The molecule has 0 fully saturated rings. The number of anilines is 1. The molecule has 134 valence electrons. The number of aromatic nitrogens is 3. The number of benzene rings is 1. The van der Waals surface area contributed by atoms with Crippen LogP contribution in [0.4, 0.5) is 5.82 Å². The van der Waals surface area contributed by atoms with Crippen molar-refractivity contribution in [3.05, 3.63) is 30.1 Å². The third-order valence-electron chi connectivity index (χ3n) is 3.99. The van der Waals surface area contributed by atoms with Crippen molar-refractivity contribution >= 4 is 27.8 Å². The molecular weight excluding hydrogens is 316 g/mol. The zero-order valence-corrected chi connectivity index (χ0v) is 15.3. The van der Waals surface area contributed by atoms with Gasteiger partial charge in [-0.05, 0) is 33.8 Å². The fourth-order valence-electron chi connectivity index (χ4n) is 3.03. The van der Waals surface area contributed by atoms with E-state index < -0.39 is 5.60 Å². The largest absolute Gasteiger partial charge is 0.389 e. The first-order valence-corrected chi connectivity index (χ1v) is 8.76. The number of fused-ring (bicyclic) bond motifs is 3. The molecule has 6 heteroatoms. The van der Waals surface area contributed by atoms with Gasteiger partial charge in [-0.15, -0.1) is 0 Å². The van der Waals surface area contributed by atoms with Gasteiger partial charge in [-0.3, -0.25) is 0 Å². The molecule has 0 aliphatic rings. The van der Waals surface area contributed by atoms with Gasteiger partial charge in [0.15, 0.2) is 5.82 Å². The lowest BCUT2D eigenvalue weighted by molar-refractivity contribution is 0.0582. The maximum absolute atomic E-state index is 10.4. The highest BCUT2D eigenvalue weighted by atomic mass is 16.5. The normalized spacial score (nSPS) is 12.2. The van der Waals surface area contributed by atoms with Crippen LogP contribution in [0.5, 0.6) is 0 Å². The number of pyridine rings is 1. The van der Waals surface area contributed by atoms with E-state index in [-0.39, 0.29) is 0 Å². The van der Waals surface area contributed by atoms with E-state index in [1.54, 1.807) is 13.8 Å². The van der Waals surface area contributed by atoms with Gasteiger partial charge in [-0.1, -0.05) is 18.2 Å². The van der Waals surface area contributed by atoms with Gasteiger partial charge in [0.2, 0.25) is 0 Å². The van der Waals surface area contributed by atoms with Gasteiger partial charge in [0.25, 0.3) is 0 Å². The molecule has 0 aliphatic carbocycles. The van der Waals surface area contributed by atoms with Crippen LogP contribution in [0.25, 0.3) is 21.9 Å². The van der Waals surface area contributed by atoms with Crippen LogP contribution in [0, 0.1) is 0 Å². The molecular formula is C19H26N4O2. The van der Waals surface area contributed by atoms with E-state index in [0.29, 0.717) is 19.8 Å². The molecule has 0 bridgehead atoms. The second-order valence-electron chi connectivity index (χ2n) is 6.77. The SMILES string of the molecule is CCNc1nc2ccccc2c2c1nc(COCC)n2CC(C)(C)O. The van der Waals surface area contributed by atoms with Crippen molar-refractivity contribution in [2.24, 2.45) is 0 Å². The van der Waals surface area contributed by atoms with Gasteiger partial charge >= 0.3 is 0 Å². The van der Waals surface area contributed by atoms with Crippen molar-refractivity contribution in [3.8, 4) is 0 Å². The molecule has 6 nitrogen and oxygen atoms in total. The highest BCUT2D eigenvalue weighted by Gasteiger charge is 2.22. The highest BCUT2D eigenvalue weighted by molar-refractivity contribution is 6.07. The summed E-state index contributed by atoms with van der Waals surface area (Å²) >= 11 is 0. The molecule has 0 saturated heterocycles. The maximum atomic E-state index is 10.4. The van der Waals surface area contributed by atoms with Crippen LogP contribution < -0.4 is 5.32 Å². The Morgan fingerprint density at radius 3 is 2.64 bits per heavy atom. The van der Waals surface area contributed by atoms with E-state index >= 15 is 0 Å². The van der Waals surface area contributed by atoms with Crippen molar-refractivity contribution in [2.75, 3.05) is 18.5 Å². The van der Waals surface area contributed by atoms with Crippen LogP contribution >= 0.6 is 0 Å². The molecule has 0 unspecified atom stereocenters. The van der Waals surface area contributed by atoms with E-state index in [1.165, 1.54) is 0 Å². The maximum Gasteiger partial charge on any atom is 0.154 e. The lowest BCUT2D eigenvalue weighted by atomic mass is 10.1. The summed E-state index contributed by atoms with van der Waals surface area (Å²) in [5.74, 6) is 1.57. The summed E-state index contributed by atoms with van der Waals surface area (Å²) in [5, 5.41) is 14.8. The van der Waals surface area contributed by atoms with Gasteiger partial charge < -0.3 is 19.7 Å². The van der Waals surface area contributed by atoms with Crippen LogP contribution in [0.1, 0.15) is 33.5 Å². The quantitative estimate of drug-likeness (QED) is 0.689. The minimum Gasteiger partial charge on any atom is -0.389 e. The van der Waals surface area contributed by atoms with Gasteiger partial charge in [-0.25, -0.2) is 9.97 Å². The fraction of sp³-hybridized carbons (Fsp3) is 0.474. The molecule has 0 radical (unpaired) electrons. The van der Waals surface area contributed by atoms with Crippen LogP contribution in [0.3, 0.4) is 0 Å². The van der Waals surface area contributed by atoms with E-state index in [0.717, 1.165) is 40.1 Å². The highest BCUT2D eigenvalue weighted by Crippen LogP contribution is 2.31. The Labute approximate surface area is 147 Å². The Morgan fingerprint density at radius 2 is 1.96 bits per heavy atom. The second-order valence-corrected chi connectivity index (χ2v) is 6.77. The summed E-state index contributed by atoms with van der Waals surface area (Å²) in [6.07, 6.45) is 0. The summed E-state index contributed by atoms with van der Waals surface area (Å²) in [6.45, 7) is 9.83. The fourth-order valence-corrected chi connectivity index (χ4v) is 3.03. The minimum absolute atomic E-state index is 0.404. The number of hydrogen-bond acceptors (Lipinski definition) is 5. The third kappa shape index (κ3) is 3.60. The van der Waals surface area contributed by atoms with Gasteiger partial charge in [-0.2, -0.15) is 0 Å². The Hall–Kier alpha value is -2.18. The Bertz CT molecular complexity index is 880. The third-order valence-corrected chi connectivity index (χ3v) is 3.99. The summed E-state index contributed by atoms with van der Waals surface area (Å²) in [6, 6.07) is 8.03. The minimum atomic E-state index is -0.864. The molecule has 0 aliphatic heterocycles. The summed E-state index contributed by atoms with van der Waals surface area (Å²) in [7, 11) is 0. The Balaban J connectivity index is 2.33. The number of aliphatic hydroxyl groups is 1. The van der Waals surface area contributed by atoms with E-state index in [9.17, 15) is 5.11 Å². The molecule has 1 aromatic carbocycles. The van der Waals surface area contributed by atoms with Gasteiger partial charge in [0.1, 0.15) is 17.9 Å². The van der Waals surface area contributed by atoms with Gasteiger partial charge in [0.05, 0.1) is 23.2 Å². The Morgan fingerprint density at radius 1 is 1.20 bits per heavy atom. The smallest absolute Gasteiger partial charge is 0.154 e. The summed E-state index contributed by atoms with van der Waals surface area (Å²) < 4.78 is 7.68. The summed E-state index contributed by atoms with van der Waals surface area (Å²) in [5.41, 5.74) is 1.85. The van der Waals surface area contributed by atoms with Crippen molar-refractivity contribution in [2.45, 2.75) is 46.4 Å². The number of para-hydroxylation sites is 1. The molecule has 2 heterocycles. The van der Waals surface area contributed by atoms with Crippen LogP contribution in [0.2, 0.25) is 0 Å². The van der Waals surface area contributed by atoms with E-state index in [2.05, 4.69) is 9.88 Å². The zero-order chi connectivity index (χ0) is 18.0. The Kier molecular flexibility index (Phi) is 4.92. The molecule has 25 heavy (non-hydrogen) atoms. The molecule has 2 aromatic heterocycles. The summed E-state index contributed by atoms with van der Waals surface area (Å²) in [4.78, 5) is 9.54. The zero-order valence-electron chi connectivity index (χ0n) is 15.3. The molecule has 2 N–H and O–H groups in total. The van der Waals surface area contributed by atoms with Crippen molar-refractivity contribution in [1.82, 2.24) is 14.5 Å². The topological polar surface area (TPSA) is 72.2 Å². The molecule has 3 rings (SSSR count). The average Bonchev–Trinajstić information content (AvgIpc) is 2.90. The number of hydrogen-bond donors (Lipinski definition) is 2. The monoisotopic (exact) mass is 342 g/mol. The number of nitrogens with one attached hydrogen (secondary N) is 1. The van der Waals surface area contributed by atoms with Crippen molar-refractivity contribution in [3.63, 3.8) is 0 Å². The standard InChI is InChI=1S/C19H26N4O2/c1-5-20-18-16-17(13-9-7-8-10-14(13)21-18)23(12-19(3,4)24)15(22-16)11-25-6-2/h7-10,24H,5-6,11-12H2,1-4H3,(H,20,21). The van der Waals surface area contributed by atoms with Gasteiger partial charge in [0, 0.05) is 18.5 Å². The van der Waals surface area contributed by atoms with Crippen LogP contribution in [-0.4, -0.2) is 38.4 Å². The number of nitrogens with zero attached hydrogens (tertiary/aromatic N) is 3. The molecule has 0 saturated carbocycles. The van der Waals surface area contributed by atoms with E-state index in [1.807, 2.05) is 38.1 Å². The van der Waals surface area contributed by atoms with Crippen LogP contribution in [0.15, 0.2) is 24.3 Å². The molecule has 0 amide bonds. The second kappa shape index (κ2) is 6.98. The molecule has 0 spiro atoms. The molecule has 0 atom stereocenters. The lowest BCUT2D eigenvalue weighted by Crippen LogP contribution is -2.27. The van der Waals surface area contributed by atoms with Crippen LogP contribution in [-0.2, 0) is 17.9 Å².